The van der Waals surface area contributed by atoms with Gasteiger partial charge < -0.3 is 20.1 Å². The number of nitrogens with zero attached hydrogens (tertiary/aromatic N) is 1. The minimum absolute atomic E-state index is 0.233. The van der Waals surface area contributed by atoms with E-state index in [2.05, 4.69) is 4.90 Å². The second kappa shape index (κ2) is 4.89. The number of rotatable bonds is 2. The Balaban J connectivity index is 1.96. The lowest BCUT2D eigenvalue weighted by Gasteiger charge is -2.39. The summed E-state index contributed by atoms with van der Waals surface area (Å²) in [5.74, 6) is 0.239. The van der Waals surface area contributed by atoms with Crippen LogP contribution in [0, 0.1) is 5.82 Å². The van der Waals surface area contributed by atoms with Crippen LogP contribution >= 0.6 is 0 Å². The van der Waals surface area contributed by atoms with E-state index in [4.69, 9.17) is 15.2 Å². The van der Waals surface area contributed by atoms with E-state index in [0.717, 1.165) is 19.3 Å². The molecule has 2 unspecified atom stereocenters. The summed E-state index contributed by atoms with van der Waals surface area (Å²) in [6.45, 7) is 1.36. The zero-order chi connectivity index (χ0) is 13.4. The number of fused-ring (bicyclic) bond motifs is 1. The number of hydrogen-bond donors (Lipinski definition) is 1. The molecule has 19 heavy (non-hydrogen) atoms. The van der Waals surface area contributed by atoms with Gasteiger partial charge in [0, 0.05) is 18.7 Å². The van der Waals surface area contributed by atoms with Crippen LogP contribution in [-0.4, -0.2) is 32.4 Å². The average molecular weight is 266 g/mol. The summed E-state index contributed by atoms with van der Waals surface area (Å²) >= 11 is 0. The minimum atomic E-state index is -0.286. The summed E-state index contributed by atoms with van der Waals surface area (Å²) in [7, 11) is 1.55. The van der Waals surface area contributed by atoms with Crippen molar-refractivity contribution in [3.05, 3.63) is 17.9 Å². The van der Waals surface area contributed by atoms with Crippen LogP contribution in [0.25, 0.3) is 0 Å². The van der Waals surface area contributed by atoms with Crippen LogP contribution in [0.2, 0.25) is 0 Å². The molecule has 1 aliphatic heterocycles. The first-order valence-electron chi connectivity index (χ1n) is 6.72. The van der Waals surface area contributed by atoms with Crippen LogP contribution in [0.1, 0.15) is 19.3 Å². The molecule has 0 amide bonds. The number of benzene rings is 1. The molecule has 0 aromatic heterocycles. The summed E-state index contributed by atoms with van der Waals surface area (Å²) in [6.07, 6.45) is 3.49. The van der Waals surface area contributed by atoms with Crippen molar-refractivity contribution < 1.29 is 13.9 Å². The van der Waals surface area contributed by atoms with Gasteiger partial charge in [0.1, 0.15) is 11.6 Å². The molecular formula is C14H19FN2O2. The Labute approximate surface area is 112 Å². The Hall–Kier alpha value is -1.49. The summed E-state index contributed by atoms with van der Waals surface area (Å²) in [4.78, 5) is 2.11. The molecule has 1 aromatic carbocycles. The fourth-order valence-electron chi connectivity index (χ4n) is 3.18. The van der Waals surface area contributed by atoms with Crippen molar-refractivity contribution in [2.45, 2.75) is 31.4 Å². The van der Waals surface area contributed by atoms with Gasteiger partial charge in [-0.15, -0.1) is 0 Å². The van der Waals surface area contributed by atoms with Gasteiger partial charge in [0.15, 0.2) is 0 Å². The van der Waals surface area contributed by atoms with E-state index in [-0.39, 0.29) is 18.0 Å². The van der Waals surface area contributed by atoms with Crippen LogP contribution in [-0.2, 0) is 4.74 Å². The molecule has 2 atom stereocenters. The number of nitrogens with two attached hydrogens (primary N) is 1. The van der Waals surface area contributed by atoms with E-state index < -0.39 is 0 Å². The van der Waals surface area contributed by atoms with Crippen molar-refractivity contribution in [2.75, 3.05) is 30.9 Å². The number of hydrogen-bond acceptors (Lipinski definition) is 4. The molecule has 5 heteroatoms. The highest BCUT2D eigenvalue weighted by Gasteiger charge is 2.37. The SMILES string of the molecule is COc1cc(N2CCOC3CCCC32)c(F)cc1N. The maximum absolute atomic E-state index is 14.2. The number of halogens is 1. The lowest BCUT2D eigenvalue weighted by atomic mass is 10.1. The monoisotopic (exact) mass is 266 g/mol. The average Bonchev–Trinajstić information content (AvgIpc) is 2.87. The predicted molar refractivity (Wildman–Crippen MR) is 72.1 cm³/mol. The molecule has 3 rings (SSSR count). The molecule has 2 N–H and O–H groups in total. The van der Waals surface area contributed by atoms with Gasteiger partial charge in [-0.05, 0) is 19.3 Å². The van der Waals surface area contributed by atoms with E-state index in [1.54, 1.807) is 13.2 Å². The van der Waals surface area contributed by atoms with Gasteiger partial charge in [-0.25, -0.2) is 4.39 Å². The second-order valence-corrected chi connectivity index (χ2v) is 5.15. The minimum Gasteiger partial charge on any atom is -0.495 e. The zero-order valence-corrected chi connectivity index (χ0v) is 11.1. The summed E-state index contributed by atoms with van der Waals surface area (Å²) < 4.78 is 25.1. The summed E-state index contributed by atoms with van der Waals surface area (Å²) in [5.41, 5.74) is 6.64. The molecule has 1 aliphatic carbocycles. The molecule has 2 aliphatic rings. The molecule has 1 aromatic rings. The molecular weight excluding hydrogens is 247 g/mol. The Kier molecular flexibility index (Phi) is 3.22. The lowest BCUT2D eigenvalue weighted by molar-refractivity contribution is 0.0254. The molecule has 0 radical (unpaired) electrons. The van der Waals surface area contributed by atoms with Crippen LogP contribution in [0.5, 0.6) is 5.75 Å². The van der Waals surface area contributed by atoms with Crippen LogP contribution in [0.4, 0.5) is 15.8 Å². The van der Waals surface area contributed by atoms with Crippen molar-refractivity contribution >= 4 is 11.4 Å². The third-order valence-corrected chi connectivity index (χ3v) is 4.09. The van der Waals surface area contributed by atoms with Gasteiger partial charge in [0.2, 0.25) is 0 Å². The van der Waals surface area contributed by atoms with E-state index in [1.807, 2.05) is 0 Å². The van der Waals surface area contributed by atoms with Gasteiger partial charge in [-0.2, -0.15) is 0 Å². The lowest BCUT2D eigenvalue weighted by Crippen LogP contribution is -2.49. The van der Waals surface area contributed by atoms with Gasteiger partial charge in [0.25, 0.3) is 0 Å². The molecule has 1 saturated carbocycles. The maximum Gasteiger partial charge on any atom is 0.148 e. The molecule has 104 valence electrons. The van der Waals surface area contributed by atoms with E-state index in [0.29, 0.717) is 30.3 Å². The van der Waals surface area contributed by atoms with E-state index in [1.165, 1.54) is 6.07 Å². The first-order chi connectivity index (χ1) is 9.20. The van der Waals surface area contributed by atoms with Crippen molar-refractivity contribution in [1.82, 2.24) is 0 Å². The highest BCUT2D eigenvalue weighted by molar-refractivity contribution is 5.64. The number of methoxy groups -OCH3 is 1. The third-order valence-electron chi connectivity index (χ3n) is 4.09. The summed E-state index contributed by atoms with van der Waals surface area (Å²) in [6, 6.07) is 3.32. The molecule has 0 spiro atoms. The van der Waals surface area contributed by atoms with Gasteiger partial charge >= 0.3 is 0 Å². The number of nitrogen functional groups attached to an aromatic ring is 1. The second-order valence-electron chi connectivity index (χ2n) is 5.15. The van der Waals surface area contributed by atoms with Crippen LogP contribution in [0.3, 0.4) is 0 Å². The van der Waals surface area contributed by atoms with Gasteiger partial charge in [-0.3, -0.25) is 0 Å². The quantitative estimate of drug-likeness (QED) is 0.833. The predicted octanol–water partition coefficient (Wildman–Crippen LogP) is 2.17. The van der Waals surface area contributed by atoms with Crippen LogP contribution in [0.15, 0.2) is 12.1 Å². The molecule has 1 heterocycles. The molecule has 4 nitrogen and oxygen atoms in total. The van der Waals surface area contributed by atoms with Crippen LogP contribution < -0.4 is 15.4 Å². The Morgan fingerprint density at radius 1 is 1.42 bits per heavy atom. The van der Waals surface area contributed by atoms with E-state index >= 15 is 0 Å². The Morgan fingerprint density at radius 2 is 2.26 bits per heavy atom. The summed E-state index contributed by atoms with van der Waals surface area (Å²) in [5, 5.41) is 0. The normalized spacial score (nSPS) is 26.3. The molecule has 1 saturated heterocycles. The standard InChI is InChI=1S/C14H19FN2O2/c1-18-14-8-12(9(15)7-10(14)16)17-5-6-19-13-4-2-3-11(13)17/h7-8,11,13H,2-6,16H2,1H3. The zero-order valence-electron chi connectivity index (χ0n) is 11.1. The number of ether oxygens (including phenoxy) is 2. The van der Waals surface area contributed by atoms with Gasteiger partial charge in [-0.1, -0.05) is 0 Å². The van der Waals surface area contributed by atoms with E-state index in [9.17, 15) is 4.39 Å². The number of morpholine rings is 1. The van der Waals surface area contributed by atoms with Crippen molar-refractivity contribution in [3.8, 4) is 5.75 Å². The fraction of sp³-hybridized carbons (Fsp3) is 0.571. The third kappa shape index (κ3) is 2.12. The van der Waals surface area contributed by atoms with Gasteiger partial charge in [0.05, 0.1) is 37.2 Å². The Bertz CT molecular complexity index is 481. The molecule has 2 fully saturated rings. The first kappa shape index (κ1) is 12.5. The van der Waals surface area contributed by atoms with Crippen molar-refractivity contribution in [3.63, 3.8) is 0 Å². The first-order valence-corrected chi connectivity index (χ1v) is 6.72. The maximum atomic E-state index is 14.2. The Morgan fingerprint density at radius 3 is 3.05 bits per heavy atom. The highest BCUT2D eigenvalue weighted by atomic mass is 19.1. The number of anilines is 2. The fourth-order valence-corrected chi connectivity index (χ4v) is 3.18. The molecule has 0 bridgehead atoms. The highest BCUT2D eigenvalue weighted by Crippen LogP contribution is 2.37. The smallest absolute Gasteiger partial charge is 0.148 e. The van der Waals surface area contributed by atoms with Crippen molar-refractivity contribution in [2.24, 2.45) is 0 Å². The largest absolute Gasteiger partial charge is 0.495 e. The van der Waals surface area contributed by atoms with Crippen molar-refractivity contribution in [1.29, 1.82) is 0 Å². The topological polar surface area (TPSA) is 47.7 Å².